The normalized spacial score (nSPS) is 10.1. The number of rotatable bonds is 8. The summed E-state index contributed by atoms with van der Waals surface area (Å²) in [6, 6.07) is 23.8. The lowest BCUT2D eigenvalue weighted by Gasteiger charge is -2.11. The molecule has 0 fully saturated rings. The maximum absolute atomic E-state index is 6.17. The van der Waals surface area contributed by atoms with E-state index in [1.165, 1.54) is 0 Å². The van der Waals surface area contributed by atoms with E-state index in [-0.39, 0.29) is 12.4 Å². The second-order valence-electron chi connectivity index (χ2n) is 5.94. The second kappa shape index (κ2) is 10.8. The van der Waals surface area contributed by atoms with Gasteiger partial charge in [-0.3, -0.25) is 0 Å². The van der Waals surface area contributed by atoms with Gasteiger partial charge in [-0.1, -0.05) is 60.1 Å². The largest absolute Gasteiger partial charge is 0.496 e. The van der Waals surface area contributed by atoms with Crippen LogP contribution in [0.25, 0.3) is 0 Å². The van der Waals surface area contributed by atoms with Crippen molar-refractivity contribution >= 4 is 24.0 Å². The number of ether oxygens (including phenoxy) is 2. The van der Waals surface area contributed by atoms with E-state index >= 15 is 0 Å². The molecule has 0 unspecified atom stereocenters. The Labute approximate surface area is 171 Å². The number of hydrogen-bond donors (Lipinski definition) is 1. The summed E-state index contributed by atoms with van der Waals surface area (Å²) in [7, 11) is 1.69. The highest BCUT2D eigenvalue weighted by Gasteiger charge is 2.03. The molecular weight excluding hydrogens is 381 g/mol. The zero-order chi connectivity index (χ0) is 18.2. The first-order chi connectivity index (χ1) is 12.8. The van der Waals surface area contributed by atoms with Gasteiger partial charge in [0.1, 0.15) is 18.1 Å². The first kappa shape index (κ1) is 21.1. The predicted molar refractivity (Wildman–Crippen MR) is 113 cm³/mol. The van der Waals surface area contributed by atoms with Gasteiger partial charge in [0.05, 0.1) is 7.11 Å². The number of para-hydroxylation sites is 1. The fourth-order valence-corrected chi connectivity index (χ4v) is 2.90. The number of nitrogens with one attached hydrogen (secondary N) is 1. The third kappa shape index (κ3) is 6.17. The zero-order valence-electron chi connectivity index (χ0n) is 15.2. The van der Waals surface area contributed by atoms with Crippen LogP contribution in [0.15, 0.2) is 72.8 Å². The molecule has 3 rings (SSSR count). The van der Waals surface area contributed by atoms with Crippen LogP contribution in [0.5, 0.6) is 11.5 Å². The Morgan fingerprint density at radius 3 is 2.37 bits per heavy atom. The van der Waals surface area contributed by atoms with E-state index < -0.39 is 0 Å². The highest BCUT2D eigenvalue weighted by atomic mass is 35.5. The molecular formula is C22H23Cl2NO2. The highest BCUT2D eigenvalue weighted by Crippen LogP contribution is 2.20. The lowest BCUT2D eigenvalue weighted by molar-refractivity contribution is 0.306. The lowest BCUT2D eigenvalue weighted by Crippen LogP contribution is -2.13. The zero-order valence-corrected chi connectivity index (χ0v) is 16.7. The molecule has 0 aromatic heterocycles. The van der Waals surface area contributed by atoms with Crippen molar-refractivity contribution in [3.63, 3.8) is 0 Å². The van der Waals surface area contributed by atoms with Crippen molar-refractivity contribution < 1.29 is 9.47 Å². The first-order valence-electron chi connectivity index (χ1n) is 8.54. The summed E-state index contributed by atoms with van der Waals surface area (Å²) in [5, 5.41) is 4.17. The van der Waals surface area contributed by atoms with Gasteiger partial charge in [0, 0.05) is 29.2 Å². The van der Waals surface area contributed by atoms with Gasteiger partial charge in [-0.05, 0) is 29.8 Å². The summed E-state index contributed by atoms with van der Waals surface area (Å²) in [5.41, 5.74) is 3.28. The molecule has 3 aromatic rings. The van der Waals surface area contributed by atoms with Crippen molar-refractivity contribution in [2.24, 2.45) is 0 Å². The van der Waals surface area contributed by atoms with E-state index in [1.807, 2.05) is 60.7 Å². The molecule has 1 N–H and O–H groups in total. The van der Waals surface area contributed by atoms with Gasteiger partial charge in [0.25, 0.3) is 0 Å². The summed E-state index contributed by atoms with van der Waals surface area (Å²) in [6.45, 7) is 1.95. The molecule has 0 heterocycles. The van der Waals surface area contributed by atoms with Crippen LogP contribution in [0.4, 0.5) is 0 Å². The Hall–Kier alpha value is -2.20. The van der Waals surface area contributed by atoms with Crippen molar-refractivity contribution in [3.05, 3.63) is 94.5 Å². The predicted octanol–water partition coefficient (Wildman–Crippen LogP) is 5.64. The molecule has 0 radical (unpaired) electrons. The van der Waals surface area contributed by atoms with Crippen LogP contribution in [0.3, 0.4) is 0 Å². The van der Waals surface area contributed by atoms with E-state index in [9.17, 15) is 0 Å². The Bertz CT molecular complexity index is 855. The van der Waals surface area contributed by atoms with Gasteiger partial charge in [0.15, 0.2) is 0 Å². The molecule has 27 heavy (non-hydrogen) atoms. The summed E-state index contributed by atoms with van der Waals surface area (Å²) >= 11 is 6.17. The van der Waals surface area contributed by atoms with Crippen LogP contribution in [0, 0.1) is 0 Å². The number of hydrogen-bond acceptors (Lipinski definition) is 3. The molecule has 0 aliphatic heterocycles. The van der Waals surface area contributed by atoms with E-state index in [0.29, 0.717) is 6.61 Å². The molecule has 3 nitrogen and oxygen atoms in total. The molecule has 3 aromatic carbocycles. The second-order valence-corrected chi connectivity index (χ2v) is 6.35. The van der Waals surface area contributed by atoms with Gasteiger partial charge in [-0.2, -0.15) is 0 Å². The van der Waals surface area contributed by atoms with E-state index in [2.05, 4.69) is 17.4 Å². The third-order valence-electron chi connectivity index (χ3n) is 4.09. The number of benzene rings is 3. The van der Waals surface area contributed by atoms with Gasteiger partial charge >= 0.3 is 0 Å². The minimum Gasteiger partial charge on any atom is -0.496 e. The maximum atomic E-state index is 6.17. The van der Waals surface area contributed by atoms with Gasteiger partial charge < -0.3 is 14.8 Å². The minimum atomic E-state index is 0. The van der Waals surface area contributed by atoms with Crippen LogP contribution in [0.1, 0.15) is 16.7 Å². The molecule has 142 valence electrons. The van der Waals surface area contributed by atoms with E-state index in [1.54, 1.807) is 7.11 Å². The average Bonchev–Trinajstić information content (AvgIpc) is 2.68. The quantitative estimate of drug-likeness (QED) is 0.527. The Morgan fingerprint density at radius 2 is 1.59 bits per heavy atom. The average molecular weight is 404 g/mol. The highest BCUT2D eigenvalue weighted by molar-refractivity contribution is 6.31. The summed E-state index contributed by atoms with van der Waals surface area (Å²) < 4.78 is 11.3. The molecule has 0 aliphatic rings. The smallest absolute Gasteiger partial charge is 0.123 e. The summed E-state index contributed by atoms with van der Waals surface area (Å²) in [6.07, 6.45) is 0. The summed E-state index contributed by atoms with van der Waals surface area (Å²) in [5.74, 6) is 1.73. The van der Waals surface area contributed by atoms with Gasteiger partial charge in [0.2, 0.25) is 0 Å². The Kier molecular flexibility index (Phi) is 8.46. The minimum absolute atomic E-state index is 0. The van der Waals surface area contributed by atoms with E-state index in [4.69, 9.17) is 21.1 Å². The molecule has 0 saturated carbocycles. The van der Waals surface area contributed by atoms with Crippen LogP contribution in [0.2, 0.25) is 5.02 Å². The topological polar surface area (TPSA) is 30.5 Å². The molecule has 0 spiro atoms. The van der Waals surface area contributed by atoms with E-state index in [0.717, 1.165) is 46.3 Å². The third-order valence-corrected chi connectivity index (χ3v) is 4.46. The van der Waals surface area contributed by atoms with Crippen molar-refractivity contribution in [1.29, 1.82) is 0 Å². The van der Waals surface area contributed by atoms with Crippen LogP contribution < -0.4 is 14.8 Å². The Balaban J connectivity index is 0.00000261. The molecule has 0 atom stereocenters. The fraction of sp³-hybridized carbons (Fsp3) is 0.182. The first-order valence-corrected chi connectivity index (χ1v) is 8.92. The van der Waals surface area contributed by atoms with Crippen LogP contribution in [-0.2, 0) is 19.7 Å². The molecule has 0 saturated heterocycles. The SMILES string of the molecule is COc1ccccc1CNCc1cccc(OCc2ccccc2Cl)c1.Cl. The van der Waals surface area contributed by atoms with Crippen molar-refractivity contribution in [2.75, 3.05) is 7.11 Å². The molecule has 0 bridgehead atoms. The Morgan fingerprint density at radius 1 is 0.852 bits per heavy atom. The number of methoxy groups -OCH3 is 1. The lowest BCUT2D eigenvalue weighted by atomic mass is 10.2. The van der Waals surface area contributed by atoms with Crippen LogP contribution >= 0.6 is 24.0 Å². The monoisotopic (exact) mass is 403 g/mol. The van der Waals surface area contributed by atoms with Crippen molar-refractivity contribution in [2.45, 2.75) is 19.7 Å². The summed E-state index contributed by atoms with van der Waals surface area (Å²) in [4.78, 5) is 0. The maximum Gasteiger partial charge on any atom is 0.123 e. The fourth-order valence-electron chi connectivity index (χ4n) is 2.71. The standard InChI is InChI=1S/C22H22ClNO2.ClH/c1-25-22-12-5-3-8-18(22)15-24-14-17-7-6-10-20(13-17)26-16-19-9-2-4-11-21(19)23;/h2-13,24H,14-16H2,1H3;1H. The van der Waals surface area contributed by atoms with Crippen LogP contribution in [-0.4, -0.2) is 7.11 Å². The molecule has 5 heteroatoms. The van der Waals surface area contributed by atoms with Gasteiger partial charge in [-0.25, -0.2) is 0 Å². The molecule has 0 amide bonds. The molecule has 0 aliphatic carbocycles. The van der Waals surface area contributed by atoms with Gasteiger partial charge in [-0.15, -0.1) is 12.4 Å². The van der Waals surface area contributed by atoms with Crippen molar-refractivity contribution in [3.8, 4) is 11.5 Å². The van der Waals surface area contributed by atoms with Crippen molar-refractivity contribution in [1.82, 2.24) is 5.32 Å². The number of halogens is 2.